The van der Waals surface area contributed by atoms with E-state index in [1.54, 1.807) is 7.11 Å². The molecular weight excluding hydrogens is 417 g/mol. The molecule has 0 heterocycles. The lowest BCUT2D eigenvalue weighted by atomic mass is 9.83. The van der Waals surface area contributed by atoms with Crippen LogP contribution in [0.3, 0.4) is 0 Å². The first-order valence-corrected chi connectivity index (χ1v) is 9.21. The van der Waals surface area contributed by atoms with Gasteiger partial charge in [-0.1, -0.05) is 26.7 Å². The summed E-state index contributed by atoms with van der Waals surface area (Å²) in [7, 11) is 1.79. The van der Waals surface area contributed by atoms with Crippen LogP contribution in [0.25, 0.3) is 0 Å². The zero-order valence-electron chi connectivity index (χ0n) is 16.0. The van der Waals surface area contributed by atoms with Gasteiger partial charge in [0, 0.05) is 40.0 Å². The summed E-state index contributed by atoms with van der Waals surface area (Å²) in [6.45, 7) is 11.4. The van der Waals surface area contributed by atoms with Gasteiger partial charge in [0.05, 0.1) is 6.61 Å². The van der Waals surface area contributed by atoms with Gasteiger partial charge in [0.2, 0.25) is 0 Å². The molecule has 2 N–H and O–H groups in total. The fourth-order valence-corrected chi connectivity index (χ4v) is 3.08. The summed E-state index contributed by atoms with van der Waals surface area (Å²) in [6, 6.07) is 0. The van der Waals surface area contributed by atoms with Crippen molar-refractivity contribution in [3.05, 3.63) is 0 Å². The van der Waals surface area contributed by atoms with Crippen molar-refractivity contribution < 1.29 is 9.47 Å². The third-order valence-electron chi connectivity index (χ3n) is 4.41. The van der Waals surface area contributed by atoms with Gasteiger partial charge >= 0.3 is 0 Å². The third-order valence-corrected chi connectivity index (χ3v) is 4.41. The van der Waals surface area contributed by atoms with Gasteiger partial charge < -0.3 is 20.1 Å². The van der Waals surface area contributed by atoms with Gasteiger partial charge in [-0.15, -0.1) is 24.0 Å². The van der Waals surface area contributed by atoms with Crippen molar-refractivity contribution in [1.82, 2.24) is 10.6 Å². The summed E-state index contributed by atoms with van der Waals surface area (Å²) in [5, 5.41) is 6.71. The smallest absolute Gasteiger partial charge is 0.191 e. The predicted octanol–water partition coefficient (Wildman–Crippen LogP) is 3.43. The van der Waals surface area contributed by atoms with Crippen LogP contribution in [-0.2, 0) is 9.47 Å². The normalized spacial score (nSPS) is 17.0. The molecule has 1 aliphatic rings. The summed E-state index contributed by atoms with van der Waals surface area (Å²) in [4.78, 5) is 4.84. The van der Waals surface area contributed by atoms with Crippen molar-refractivity contribution in [2.24, 2.45) is 16.3 Å². The fourth-order valence-electron chi connectivity index (χ4n) is 3.08. The maximum Gasteiger partial charge on any atom is 0.191 e. The number of hydrogen-bond acceptors (Lipinski definition) is 3. The number of nitrogens with one attached hydrogen (secondary N) is 2. The molecule has 5 nitrogen and oxygen atoms in total. The molecule has 1 saturated carbocycles. The Hall–Kier alpha value is -0.0800. The molecule has 1 fully saturated rings. The maximum atomic E-state index is 5.61. The molecule has 0 aliphatic heterocycles. The SMILES string of the molecule is CCNC(=NCC1(CCOC)CCCC1)NCCOCC(C)C.I. The number of methoxy groups -OCH3 is 1. The Morgan fingerprint density at radius 1 is 1.17 bits per heavy atom. The highest BCUT2D eigenvalue weighted by atomic mass is 127. The average Bonchev–Trinajstić information content (AvgIpc) is 2.99. The van der Waals surface area contributed by atoms with E-state index >= 15 is 0 Å². The van der Waals surface area contributed by atoms with Crippen LogP contribution in [0.1, 0.15) is 52.9 Å². The highest BCUT2D eigenvalue weighted by molar-refractivity contribution is 14.0. The number of aliphatic imine (C=N–C) groups is 1. The predicted molar refractivity (Wildman–Crippen MR) is 112 cm³/mol. The Kier molecular flexibility index (Phi) is 14.1. The van der Waals surface area contributed by atoms with Crippen LogP contribution < -0.4 is 10.6 Å². The second-order valence-electron chi connectivity index (χ2n) is 7.04. The average molecular weight is 455 g/mol. The Balaban J connectivity index is 0.00000529. The van der Waals surface area contributed by atoms with Crippen LogP contribution in [0, 0.1) is 11.3 Å². The fraction of sp³-hybridized carbons (Fsp3) is 0.944. The zero-order valence-corrected chi connectivity index (χ0v) is 18.4. The highest BCUT2D eigenvalue weighted by Crippen LogP contribution is 2.41. The van der Waals surface area contributed by atoms with E-state index < -0.39 is 0 Å². The van der Waals surface area contributed by atoms with Crippen molar-refractivity contribution in [2.45, 2.75) is 52.9 Å². The zero-order chi connectivity index (χ0) is 17.0. The van der Waals surface area contributed by atoms with Gasteiger partial charge in [0.25, 0.3) is 0 Å². The van der Waals surface area contributed by atoms with Gasteiger partial charge in [-0.2, -0.15) is 0 Å². The molecule has 0 amide bonds. The van der Waals surface area contributed by atoms with Crippen LogP contribution in [0.2, 0.25) is 0 Å². The quantitative estimate of drug-likeness (QED) is 0.217. The van der Waals surface area contributed by atoms with Crippen LogP contribution in [0.4, 0.5) is 0 Å². The largest absolute Gasteiger partial charge is 0.385 e. The second-order valence-corrected chi connectivity index (χ2v) is 7.04. The number of rotatable bonds is 11. The molecule has 0 radical (unpaired) electrons. The molecule has 1 aliphatic carbocycles. The highest BCUT2D eigenvalue weighted by Gasteiger charge is 2.33. The monoisotopic (exact) mass is 455 g/mol. The number of guanidine groups is 1. The van der Waals surface area contributed by atoms with E-state index in [9.17, 15) is 0 Å². The molecule has 0 saturated heterocycles. The first kappa shape index (κ1) is 23.9. The van der Waals surface area contributed by atoms with Crippen LogP contribution in [0.5, 0.6) is 0 Å². The molecule has 144 valence electrons. The van der Waals surface area contributed by atoms with E-state index in [1.165, 1.54) is 25.7 Å². The van der Waals surface area contributed by atoms with Gasteiger partial charge in [0.1, 0.15) is 0 Å². The Morgan fingerprint density at radius 3 is 2.46 bits per heavy atom. The molecule has 0 spiro atoms. The van der Waals surface area contributed by atoms with E-state index in [0.717, 1.165) is 51.8 Å². The summed E-state index contributed by atoms with van der Waals surface area (Å²) in [6.07, 6.45) is 6.32. The van der Waals surface area contributed by atoms with Crippen molar-refractivity contribution in [3.8, 4) is 0 Å². The van der Waals surface area contributed by atoms with Crippen LogP contribution >= 0.6 is 24.0 Å². The van der Waals surface area contributed by atoms with E-state index in [4.69, 9.17) is 14.5 Å². The van der Waals surface area contributed by atoms with Gasteiger partial charge in [-0.05, 0) is 37.5 Å². The summed E-state index contributed by atoms with van der Waals surface area (Å²) < 4.78 is 10.9. The van der Waals surface area contributed by atoms with Gasteiger partial charge in [0.15, 0.2) is 5.96 Å². The maximum absolute atomic E-state index is 5.61. The van der Waals surface area contributed by atoms with E-state index in [-0.39, 0.29) is 24.0 Å². The Labute approximate surface area is 165 Å². The van der Waals surface area contributed by atoms with Gasteiger partial charge in [-0.25, -0.2) is 0 Å². The van der Waals surface area contributed by atoms with Crippen molar-refractivity contribution in [3.63, 3.8) is 0 Å². The van der Waals surface area contributed by atoms with E-state index in [0.29, 0.717) is 11.3 Å². The molecule has 0 aromatic carbocycles. The lowest BCUT2D eigenvalue weighted by Crippen LogP contribution is -2.40. The molecular formula is C18H38IN3O2. The third kappa shape index (κ3) is 10.0. The molecule has 0 aromatic heterocycles. The second kappa shape index (κ2) is 14.1. The molecule has 0 bridgehead atoms. The van der Waals surface area contributed by atoms with Crippen LogP contribution in [0.15, 0.2) is 4.99 Å². The molecule has 0 unspecified atom stereocenters. The molecule has 0 aromatic rings. The molecule has 0 atom stereocenters. The first-order valence-electron chi connectivity index (χ1n) is 9.21. The minimum atomic E-state index is 0. The summed E-state index contributed by atoms with van der Waals surface area (Å²) in [5.74, 6) is 1.49. The minimum Gasteiger partial charge on any atom is -0.385 e. The summed E-state index contributed by atoms with van der Waals surface area (Å²) in [5.41, 5.74) is 0.340. The lowest BCUT2D eigenvalue weighted by molar-refractivity contribution is 0.114. The number of nitrogens with zero attached hydrogens (tertiary/aromatic N) is 1. The van der Waals surface area contributed by atoms with Crippen molar-refractivity contribution in [2.75, 3.05) is 46.6 Å². The first-order chi connectivity index (χ1) is 11.1. The molecule has 24 heavy (non-hydrogen) atoms. The van der Waals surface area contributed by atoms with Crippen molar-refractivity contribution >= 4 is 29.9 Å². The van der Waals surface area contributed by atoms with E-state index in [2.05, 4.69) is 31.4 Å². The minimum absolute atomic E-state index is 0. The van der Waals surface area contributed by atoms with E-state index in [1.807, 2.05) is 0 Å². The van der Waals surface area contributed by atoms with Crippen LogP contribution in [-0.4, -0.2) is 52.5 Å². The number of ether oxygens (including phenoxy) is 2. The number of hydrogen-bond donors (Lipinski definition) is 2. The lowest BCUT2D eigenvalue weighted by Gasteiger charge is -2.27. The molecule has 6 heteroatoms. The standard InChI is InChI=1S/C18H37N3O2.HI/c1-5-19-17(20-11-13-23-14-16(2)3)21-15-18(10-12-22-4)8-6-7-9-18;/h16H,5-15H2,1-4H3,(H2,19,20,21);1H. The Morgan fingerprint density at radius 2 is 1.88 bits per heavy atom. The van der Waals surface area contributed by atoms with Crippen molar-refractivity contribution in [1.29, 1.82) is 0 Å². The number of halogens is 1. The molecule has 1 rings (SSSR count). The Bertz CT molecular complexity index is 332. The summed E-state index contributed by atoms with van der Waals surface area (Å²) >= 11 is 0. The topological polar surface area (TPSA) is 54.9 Å². The van der Waals surface area contributed by atoms with Gasteiger partial charge in [-0.3, -0.25) is 4.99 Å².